The molecule has 57 heavy (non-hydrogen) atoms. The van der Waals surface area contributed by atoms with Crippen LogP contribution in [-0.4, -0.2) is 23.3 Å². The van der Waals surface area contributed by atoms with E-state index in [0.29, 0.717) is 11.7 Å². The quantitative estimate of drug-likeness (QED) is 0.0741. The standard InChI is InChI=1S/C52H49N5/c1-6-9-11-18-27-51(53-5)55-52(54-43-21-14-12-15-22-43)40-30-33-45(34-31-40)56(38(4)20-10-7-2)49-36-41(29-28-39(49)8-3)42-32-35-47-46-25-19-26-48(46)57(50(47)37-42)44-23-16-13-17-24-44/h6-7,9-24,26-31,33-34,36-37H,1-2,4,8,25,32,35H2,3,5H3,(H,53,54,55)/b11-9-,20-10-,27-18?. The van der Waals surface area contributed by atoms with Gasteiger partial charge in [0.15, 0.2) is 5.84 Å². The number of para-hydroxylation sites is 2. The van der Waals surface area contributed by atoms with Gasteiger partial charge in [0.2, 0.25) is 0 Å². The number of aromatic nitrogens is 1. The molecule has 4 aromatic carbocycles. The summed E-state index contributed by atoms with van der Waals surface area (Å²) in [5, 5.41) is 3.20. The highest BCUT2D eigenvalue weighted by Gasteiger charge is 2.27. The van der Waals surface area contributed by atoms with Gasteiger partial charge < -0.3 is 14.8 Å². The van der Waals surface area contributed by atoms with E-state index >= 15 is 0 Å². The van der Waals surface area contributed by atoms with Crippen molar-refractivity contribution in [2.45, 2.75) is 32.6 Å². The van der Waals surface area contributed by atoms with Crippen LogP contribution in [0.3, 0.4) is 0 Å². The third-order valence-corrected chi connectivity index (χ3v) is 10.3. The fourth-order valence-corrected chi connectivity index (χ4v) is 7.51. The molecule has 0 saturated heterocycles. The number of nitrogens with one attached hydrogen (secondary N) is 1. The number of amidine groups is 2. The van der Waals surface area contributed by atoms with E-state index in [1.807, 2.05) is 73.8 Å². The van der Waals surface area contributed by atoms with E-state index in [9.17, 15) is 0 Å². The minimum Gasteiger partial charge on any atom is -0.373 e. The van der Waals surface area contributed by atoms with Crippen molar-refractivity contribution in [3.8, 4) is 5.69 Å². The molecule has 2 aliphatic rings. The minimum atomic E-state index is 0.591. The largest absolute Gasteiger partial charge is 0.373 e. The molecular formula is C52H49N5. The first-order valence-corrected chi connectivity index (χ1v) is 19.6. The van der Waals surface area contributed by atoms with E-state index < -0.39 is 0 Å². The first kappa shape index (κ1) is 38.3. The molecule has 0 atom stereocenters. The predicted molar refractivity (Wildman–Crippen MR) is 245 cm³/mol. The molecule has 1 aromatic heterocycles. The highest BCUT2D eigenvalue weighted by atomic mass is 15.1. The van der Waals surface area contributed by atoms with Crippen molar-refractivity contribution in [3.63, 3.8) is 0 Å². The number of anilines is 2. The van der Waals surface area contributed by atoms with E-state index in [2.05, 4.69) is 132 Å². The maximum atomic E-state index is 4.97. The molecule has 0 unspecified atom stereocenters. The Kier molecular flexibility index (Phi) is 12.2. The number of benzene rings is 4. The molecule has 0 aliphatic heterocycles. The molecule has 2 aliphatic carbocycles. The van der Waals surface area contributed by atoms with Crippen LogP contribution < -0.4 is 10.2 Å². The zero-order valence-corrected chi connectivity index (χ0v) is 32.9. The summed E-state index contributed by atoms with van der Waals surface area (Å²) in [5.74, 6) is 1.27. The van der Waals surface area contributed by atoms with Gasteiger partial charge in [-0.15, -0.1) is 0 Å². The van der Waals surface area contributed by atoms with Crippen LogP contribution in [0.5, 0.6) is 0 Å². The van der Waals surface area contributed by atoms with E-state index in [-0.39, 0.29) is 0 Å². The van der Waals surface area contributed by atoms with Gasteiger partial charge in [-0.2, -0.15) is 0 Å². The Labute approximate surface area is 337 Å². The number of hydrogen-bond donors (Lipinski definition) is 1. The van der Waals surface area contributed by atoms with Gasteiger partial charge in [-0.1, -0.05) is 118 Å². The topological polar surface area (TPSA) is 44.9 Å². The fraction of sp³-hybridized carbons (Fsp3) is 0.115. The van der Waals surface area contributed by atoms with Crippen molar-refractivity contribution in [2.24, 2.45) is 9.98 Å². The molecule has 1 heterocycles. The smallest absolute Gasteiger partial charge is 0.162 e. The molecule has 0 radical (unpaired) electrons. The lowest BCUT2D eigenvalue weighted by atomic mass is 9.89. The molecule has 1 N–H and O–H groups in total. The molecule has 0 spiro atoms. The van der Waals surface area contributed by atoms with E-state index in [1.54, 1.807) is 12.2 Å². The summed E-state index contributed by atoms with van der Waals surface area (Å²) in [7, 11) is 1.86. The van der Waals surface area contributed by atoms with E-state index in [4.69, 9.17) is 9.98 Å². The second-order valence-corrected chi connectivity index (χ2v) is 13.8. The summed E-state index contributed by atoms with van der Waals surface area (Å²) in [6, 6.07) is 36.0. The number of rotatable bonds is 13. The average molecular weight is 744 g/mol. The van der Waals surface area contributed by atoms with Gasteiger partial charge in [-0.25, -0.2) is 9.98 Å². The molecule has 7 rings (SSSR count). The Morgan fingerprint density at radius 1 is 0.807 bits per heavy atom. The van der Waals surface area contributed by atoms with Crippen LogP contribution in [0.2, 0.25) is 0 Å². The van der Waals surface area contributed by atoms with Crippen LogP contribution in [0.1, 0.15) is 52.5 Å². The predicted octanol–water partition coefficient (Wildman–Crippen LogP) is 12.5. The molecule has 5 heteroatoms. The van der Waals surface area contributed by atoms with E-state index in [1.165, 1.54) is 44.9 Å². The van der Waals surface area contributed by atoms with Crippen LogP contribution in [0.25, 0.3) is 23.4 Å². The highest BCUT2D eigenvalue weighted by molar-refractivity contribution is 6.10. The lowest BCUT2D eigenvalue weighted by Gasteiger charge is -2.29. The molecule has 0 amide bonds. The fourth-order valence-electron chi connectivity index (χ4n) is 7.51. The van der Waals surface area contributed by atoms with Gasteiger partial charge in [0, 0.05) is 46.8 Å². The third-order valence-electron chi connectivity index (χ3n) is 10.3. The Morgan fingerprint density at radius 3 is 2.28 bits per heavy atom. The Bertz CT molecular complexity index is 2480. The number of fused-ring (bicyclic) bond motifs is 3. The Hall–Kier alpha value is -6.98. The zero-order valence-electron chi connectivity index (χ0n) is 32.9. The van der Waals surface area contributed by atoms with Crippen molar-refractivity contribution in [2.75, 3.05) is 11.9 Å². The summed E-state index contributed by atoms with van der Waals surface area (Å²) in [6.45, 7) is 14.5. The SMILES string of the molecule is C=C/C=C\C=CC(=NC(=Nc1ccccc1)c1ccc(N(C(=C)/C=C\C=C)c2cc(C3=Cc4c(c5c(n4-c4ccccc4)C=CC5)CC3)ccc2CC)cc1)NC. The zero-order chi connectivity index (χ0) is 39.6. The van der Waals surface area contributed by atoms with Gasteiger partial charge in [-0.3, -0.25) is 0 Å². The van der Waals surface area contributed by atoms with Crippen LogP contribution in [0, 0.1) is 0 Å². The van der Waals surface area contributed by atoms with Gasteiger partial charge in [0.25, 0.3) is 0 Å². The normalized spacial score (nSPS) is 13.9. The van der Waals surface area contributed by atoms with Gasteiger partial charge >= 0.3 is 0 Å². The molecular weight excluding hydrogens is 695 g/mol. The highest BCUT2D eigenvalue weighted by Crippen LogP contribution is 2.42. The Balaban J connectivity index is 1.30. The first-order valence-electron chi connectivity index (χ1n) is 19.6. The second kappa shape index (κ2) is 18.1. The monoisotopic (exact) mass is 743 g/mol. The summed E-state index contributed by atoms with van der Waals surface area (Å²) >= 11 is 0. The first-order chi connectivity index (χ1) is 28.0. The van der Waals surface area contributed by atoms with Gasteiger partial charge in [-0.05, 0) is 132 Å². The third kappa shape index (κ3) is 8.48. The maximum absolute atomic E-state index is 4.97. The summed E-state index contributed by atoms with van der Waals surface area (Å²) in [4.78, 5) is 12.2. The summed E-state index contributed by atoms with van der Waals surface area (Å²) in [5.41, 5.74) is 15.1. The Morgan fingerprint density at radius 2 is 1.56 bits per heavy atom. The van der Waals surface area contributed by atoms with Crippen molar-refractivity contribution >= 4 is 46.5 Å². The molecule has 0 saturated carbocycles. The number of aliphatic imine (C=N–C) groups is 2. The number of nitrogens with zero attached hydrogens (tertiary/aromatic N) is 4. The van der Waals surface area contributed by atoms with Crippen molar-refractivity contribution in [1.82, 2.24) is 9.88 Å². The minimum absolute atomic E-state index is 0.591. The molecule has 5 aromatic rings. The van der Waals surface area contributed by atoms with Gasteiger partial charge in [0.1, 0.15) is 5.84 Å². The number of likely N-dealkylation sites (N-methyl/N-ethyl adjacent to an activating group) is 1. The van der Waals surface area contributed by atoms with Crippen LogP contribution in [0.15, 0.2) is 193 Å². The van der Waals surface area contributed by atoms with Crippen molar-refractivity contribution < 1.29 is 0 Å². The number of aryl methyl sites for hydroxylation is 1. The lowest BCUT2D eigenvalue weighted by molar-refractivity contribution is 0.960. The second-order valence-electron chi connectivity index (χ2n) is 13.8. The number of hydrogen-bond acceptors (Lipinski definition) is 2. The maximum Gasteiger partial charge on any atom is 0.162 e. The van der Waals surface area contributed by atoms with Crippen LogP contribution in [-0.2, 0) is 19.3 Å². The molecule has 0 bridgehead atoms. The summed E-state index contributed by atoms with van der Waals surface area (Å²) in [6.07, 6.45) is 26.0. The summed E-state index contributed by atoms with van der Waals surface area (Å²) < 4.78 is 2.44. The lowest BCUT2D eigenvalue weighted by Crippen LogP contribution is -2.18. The van der Waals surface area contributed by atoms with Crippen molar-refractivity contribution in [3.05, 3.63) is 222 Å². The van der Waals surface area contributed by atoms with Crippen LogP contribution in [0.4, 0.5) is 17.1 Å². The van der Waals surface area contributed by atoms with Crippen molar-refractivity contribution in [1.29, 1.82) is 0 Å². The average Bonchev–Trinajstić information content (AvgIpc) is 3.85. The van der Waals surface area contributed by atoms with Crippen LogP contribution >= 0.6 is 0 Å². The molecule has 5 nitrogen and oxygen atoms in total. The molecule has 0 fully saturated rings. The van der Waals surface area contributed by atoms with Gasteiger partial charge in [0.05, 0.1) is 5.69 Å². The molecule has 282 valence electrons. The van der Waals surface area contributed by atoms with E-state index in [0.717, 1.165) is 54.0 Å². The number of allylic oxidation sites excluding steroid dienone is 9.